The molecule has 0 saturated carbocycles. The van der Waals surface area contributed by atoms with Crippen molar-refractivity contribution in [3.05, 3.63) is 57.0 Å². The number of fused-ring (bicyclic) bond motifs is 2. The maximum Gasteiger partial charge on any atom is 0.201 e. The van der Waals surface area contributed by atoms with Crippen LogP contribution in [0.5, 0.6) is 5.75 Å². The Hall–Kier alpha value is -1.45. The molecule has 1 unspecified atom stereocenters. The number of para-hydroxylation sites is 1. The van der Waals surface area contributed by atoms with Gasteiger partial charge in [0.1, 0.15) is 10.7 Å². The van der Waals surface area contributed by atoms with Gasteiger partial charge in [0.25, 0.3) is 0 Å². The summed E-state index contributed by atoms with van der Waals surface area (Å²) < 4.78 is 18.5. The Labute approximate surface area is 116 Å². The van der Waals surface area contributed by atoms with E-state index >= 15 is 0 Å². The molecule has 1 atom stereocenters. The van der Waals surface area contributed by atoms with Crippen LogP contribution in [0.2, 0.25) is 0 Å². The molecule has 2 aliphatic rings. The number of benzene rings is 1. The minimum Gasteiger partial charge on any atom is -0.607 e. The second kappa shape index (κ2) is 4.91. The summed E-state index contributed by atoms with van der Waals surface area (Å²) in [5.74, 6) is 1.63. The topological polar surface area (TPSA) is 32.3 Å². The largest absolute Gasteiger partial charge is 0.607 e. The van der Waals surface area contributed by atoms with E-state index in [2.05, 4.69) is 6.92 Å². The molecule has 1 aromatic rings. The third-order valence-corrected chi connectivity index (χ3v) is 5.02. The van der Waals surface area contributed by atoms with Crippen molar-refractivity contribution in [2.75, 3.05) is 0 Å². The molecule has 0 aliphatic carbocycles. The van der Waals surface area contributed by atoms with Crippen LogP contribution in [-0.4, -0.2) is 4.55 Å². The summed E-state index contributed by atoms with van der Waals surface area (Å²) in [4.78, 5) is 1.80. The monoisotopic (exact) mass is 272 g/mol. The van der Waals surface area contributed by atoms with Crippen molar-refractivity contribution in [3.63, 3.8) is 0 Å². The molecule has 0 spiro atoms. The molecule has 2 nitrogen and oxygen atoms in total. The average Bonchev–Trinajstić information content (AvgIpc) is 2.46. The van der Waals surface area contributed by atoms with Crippen LogP contribution in [0.4, 0.5) is 0 Å². The van der Waals surface area contributed by atoms with Gasteiger partial charge >= 0.3 is 0 Å². The van der Waals surface area contributed by atoms with E-state index in [0.717, 1.165) is 45.3 Å². The molecule has 3 rings (SSSR count). The minimum absolute atomic E-state index is 0.789. The summed E-state index contributed by atoms with van der Waals surface area (Å²) in [7, 11) is 0. The number of hydrogen-bond donors (Lipinski definition) is 0. The first kappa shape index (κ1) is 12.6. The van der Waals surface area contributed by atoms with Gasteiger partial charge in [-0.3, -0.25) is 0 Å². The fourth-order valence-electron chi connectivity index (χ4n) is 2.37. The van der Waals surface area contributed by atoms with Gasteiger partial charge in [0.15, 0.2) is 5.76 Å². The molecule has 2 aliphatic heterocycles. The first-order valence-corrected chi connectivity index (χ1v) is 7.74. The molecule has 0 radical (unpaired) electrons. The SMILES string of the molecule is CCC1=CC(CC)=C2Oc3ccccc3C=C2[S+]1[O-]. The second-order valence-corrected chi connectivity index (χ2v) is 6.09. The molecule has 0 bridgehead atoms. The molecule has 19 heavy (non-hydrogen) atoms. The van der Waals surface area contributed by atoms with E-state index in [-0.39, 0.29) is 0 Å². The maximum absolute atomic E-state index is 12.5. The van der Waals surface area contributed by atoms with Gasteiger partial charge in [-0.25, -0.2) is 0 Å². The first-order chi connectivity index (χ1) is 9.24. The van der Waals surface area contributed by atoms with Crippen molar-refractivity contribution in [2.24, 2.45) is 0 Å². The van der Waals surface area contributed by atoms with Crippen molar-refractivity contribution in [1.82, 2.24) is 0 Å². The zero-order valence-electron chi connectivity index (χ0n) is 11.1. The lowest BCUT2D eigenvalue weighted by Crippen LogP contribution is -2.20. The molecule has 2 heterocycles. The molecule has 0 saturated heterocycles. The van der Waals surface area contributed by atoms with Gasteiger partial charge in [-0.2, -0.15) is 0 Å². The summed E-state index contributed by atoms with van der Waals surface area (Å²) in [6.07, 6.45) is 5.73. The first-order valence-electron chi connectivity index (χ1n) is 6.59. The predicted octanol–water partition coefficient (Wildman–Crippen LogP) is 4.14. The van der Waals surface area contributed by atoms with Crippen LogP contribution >= 0.6 is 0 Å². The van der Waals surface area contributed by atoms with Crippen molar-refractivity contribution < 1.29 is 9.29 Å². The molecule has 0 N–H and O–H groups in total. The summed E-state index contributed by atoms with van der Waals surface area (Å²) in [5.41, 5.74) is 2.14. The van der Waals surface area contributed by atoms with E-state index in [1.165, 1.54) is 0 Å². The lowest BCUT2D eigenvalue weighted by molar-refractivity contribution is 0.428. The second-order valence-electron chi connectivity index (χ2n) is 4.59. The quantitative estimate of drug-likeness (QED) is 0.758. The van der Waals surface area contributed by atoms with Gasteiger partial charge in [-0.05, 0) is 18.6 Å². The zero-order chi connectivity index (χ0) is 13.4. The van der Waals surface area contributed by atoms with Crippen molar-refractivity contribution in [3.8, 4) is 5.75 Å². The van der Waals surface area contributed by atoms with Crippen molar-refractivity contribution in [1.29, 1.82) is 0 Å². The van der Waals surface area contributed by atoms with Crippen LogP contribution in [0.3, 0.4) is 0 Å². The van der Waals surface area contributed by atoms with Crippen LogP contribution in [0, 0.1) is 0 Å². The van der Waals surface area contributed by atoms with E-state index in [1.54, 1.807) is 0 Å². The van der Waals surface area contributed by atoms with E-state index in [4.69, 9.17) is 4.74 Å². The highest BCUT2D eigenvalue weighted by molar-refractivity contribution is 7.99. The Bertz CT molecular complexity index is 611. The number of allylic oxidation sites excluding steroid dienone is 3. The predicted molar refractivity (Wildman–Crippen MR) is 78.9 cm³/mol. The summed E-state index contributed by atoms with van der Waals surface area (Å²) in [5, 5.41) is 0. The number of rotatable bonds is 2. The van der Waals surface area contributed by atoms with Gasteiger partial charge in [0.2, 0.25) is 4.91 Å². The Morgan fingerprint density at radius 3 is 2.63 bits per heavy atom. The molecule has 0 aromatic heterocycles. The van der Waals surface area contributed by atoms with Crippen molar-refractivity contribution in [2.45, 2.75) is 26.7 Å². The molecule has 3 heteroatoms. The summed E-state index contributed by atoms with van der Waals surface area (Å²) >= 11 is -1.08. The molecule has 98 valence electrons. The van der Waals surface area contributed by atoms with Crippen LogP contribution in [0.25, 0.3) is 6.08 Å². The molecular formula is C16H16O2S. The Morgan fingerprint density at radius 2 is 1.89 bits per heavy atom. The van der Waals surface area contributed by atoms with Crippen LogP contribution in [-0.2, 0) is 11.2 Å². The standard InChI is InChI=1S/C16H16O2S/c1-3-11-9-13(4-2)19(17)15-10-12-7-5-6-8-14(12)18-16(11)15/h5-10H,3-4H2,1-2H3. The van der Waals surface area contributed by atoms with E-state index in [0.29, 0.717) is 0 Å². The highest BCUT2D eigenvalue weighted by atomic mass is 32.2. The smallest absolute Gasteiger partial charge is 0.201 e. The Morgan fingerprint density at radius 1 is 1.11 bits per heavy atom. The Balaban J connectivity index is 2.17. The lowest BCUT2D eigenvalue weighted by Gasteiger charge is -2.27. The normalized spacial score (nSPS) is 21.1. The number of hydrogen-bond acceptors (Lipinski definition) is 2. The van der Waals surface area contributed by atoms with Crippen molar-refractivity contribution >= 4 is 17.3 Å². The fraction of sp³-hybridized carbons (Fsp3) is 0.250. The third kappa shape index (κ3) is 2.03. The molecule has 0 amide bonds. The zero-order valence-corrected chi connectivity index (χ0v) is 11.9. The Kier molecular flexibility index (Phi) is 3.25. The molecule has 0 fully saturated rings. The summed E-state index contributed by atoms with van der Waals surface area (Å²) in [6, 6.07) is 7.87. The van der Waals surface area contributed by atoms with Gasteiger partial charge < -0.3 is 9.29 Å². The fourth-order valence-corrected chi connectivity index (χ4v) is 3.74. The average molecular weight is 272 g/mol. The van der Waals surface area contributed by atoms with Crippen LogP contribution in [0.1, 0.15) is 32.3 Å². The summed E-state index contributed by atoms with van der Waals surface area (Å²) in [6.45, 7) is 4.14. The van der Waals surface area contributed by atoms with E-state index in [1.807, 2.05) is 43.3 Å². The lowest BCUT2D eigenvalue weighted by atomic mass is 10.1. The van der Waals surface area contributed by atoms with E-state index in [9.17, 15) is 4.55 Å². The van der Waals surface area contributed by atoms with E-state index < -0.39 is 11.2 Å². The van der Waals surface area contributed by atoms with Gasteiger partial charge in [-0.1, -0.05) is 32.0 Å². The maximum atomic E-state index is 12.5. The van der Waals surface area contributed by atoms with Gasteiger partial charge in [0, 0.05) is 34.8 Å². The number of ether oxygens (including phenoxy) is 1. The third-order valence-electron chi connectivity index (χ3n) is 3.44. The molecule has 1 aromatic carbocycles. The van der Waals surface area contributed by atoms with Crippen LogP contribution < -0.4 is 4.74 Å². The highest BCUT2D eigenvalue weighted by Crippen LogP contribution is 2.41. The molecular weight excluding hydrogens is 256 g/mol. The highest BCUT2D eigenvalue weighted by Gasteiger charge is 2.34. The van der Waals surface area contributed by atoms with Gasteiger partial charge in [0.05, 0.1) is 0 Å². The minimum atomic E-state index is -1.08. The van der Waals surface area contributed by atoms with Gasteiger partial charge in [-0.15, -0.1) is 0 Å². The van der Waals surface area contributed by atoms with Crippen LogP contribution in [0.15, 0.2) is 51.5 Å².